The van der Waals surface area contributed by atoms with Gasteiger partial charge in [0.25, 0.3) is 0 Å². The van der Waals surface area contributed by atoms with Crippen molar-refractivity contribution < 1.29 is 14.7 Å². The number of thioether (sulfide) groups is 1. The van der Waals surface area contributed by atoms with Crippen LogP contribution in [-0.4, -0.2) is 22.1 Å². The molecule has 1 aromatic rings. The highest BCUT2D eigenvalue weighted by molar-refractivity contribution is 8.01. The molecule has 0 aliphatic rings. The van der Waals surface area contributed by atoms with Crippen LogP contribution in [0.4, 0.5) is 0 Å². The van der Waals surface area contributed by atoms with Gasteiger partial charge in [-0.2, -0.15) is 0 Å². The number of rotatable bonds is 6. The number of aliphatic carboxylic acids is 1. The summed E-state index contributed by atoms with van der Waals surface area (Å²) < 4.78 is -0.775. The highest BCUT2D eigenvalue weighted by Gasteiger charge is 2.35. The van der Waals surface area contributed by atoms with Crippen LogP contribution in [-0.2, 0) is 4.79 Å². The highest BCUT2D eigenvalue weighted by Crippen LogP contribution is 2.38. The third-order valence-electron chi connectivity index (χ3n) is 2.86. The molecule has 0 unspecified atom stereocenters. The molecule has 0 heterocycles. The summed E-state index contributed by atoms with van der Waals surface area (Å²) in [5.74, 6) is -0.785. The van der Waals surface area contributed by atoms with Crippen LogP contribution in [0.1, 0.15) is 37.0 Å². The molecule has 1 N–H and O–H groups in total. The van der Waals surface area contributed by atoms with Crippen LogP contribution >= 0.6 is 11.8 Å². The second kappa shape index (κ2) is 5.87. The Morgan fingerprint density at radius 2 is 1.82 bits per heavy atom. The van der Waals surface area contributed by atoms with Crippen LogP contribution in [0.5, 0.6) is 0 Å². The van der Waals surface area contributed by atoms with Crippen molar-refractivity contribution in [3.05, 3.63) is 29.8 Å². The lowest BCUT2D eigenvalue weighted by Crippen LogP contribution is -2.33. The molecule has 4 heteroatoms. The zero-order valence-electron chi connectivity index (χ0n) is 9.97. The van der Waals surface area contributed by atoms with E-state index in [4.69, 9.17) is 0 Å². The maximum atomic E-state index is 11.3. The van der Waals surface area contributed by atoms with Gasteiger partial charge in [-0.25, -0.2) is 0 Å². The Hall–Kier alpha value is -1.29. The lowest BCUT2D eigenvalue weighted by Gasteiger charge is -2.25. The van der Waals surface area contributed by atoms with Gasteiger partial charge in [0, 0.05) is 10.5 Å². The van der Waals surface area contributed by atoms with Crippen molar-refractivity contribution in [2.24, 2.45) is 0 Å². The molecule has 1 aromatic carbocycles. The minimum atomic E-state index is -0.785. The van der Waals surface area contributed by atoms with Crippen molar-refractivity contribution in [1.82, 2.24) is 0 Å². The number of carboxylic acids is 1. The largest absolute Gasteiger partial charge is 0.480 e. The van der Waals surface area contributed by atoms with Crippen LogP contribution in [0.2, 0.25) is 0 Å². The molecule has 0 bridgehead atoms. The molecule has 0 radical (unpaired) electrons. The highest BCUT2D eigenvalue weighted by atomic mass is 32.2. The first-order valence-corrected chi connectivity index (χ1v) is 6.37. The van der Waals surface area contributed by atoms with Gasteiger partial charge in [0.15, 0.2) is 0 Å². The van der Waals surface area contributed by atoms with Crippen LogP contribution in [0.25, 0.3) is 0 Å². The Morgan fingerprint density at radius 3 is 2.18 bits per heavy atom. The van der Waals surface area contributed by atoms with Gasteiger partial charge in [0.2, 0.25) is 0 Å². The van der Waals surface area contributed by atoms with E-state index in [2.05, 4.69) is 0 Å². The van der Waals surface area contributed by atoms with Crippen molar-refractivity contribution in [3.63, 3.8) is 0 Å². The summed E-state index contributed by atoms with van der Waals surface area (Å²) in [6.07, 6.45) is 1.91. The monoisotopic (exact) mass is 252 g/mol. The number of benzene rings is 1. The van der Waals surface area contributed by atoms with Crippen molar-refractivity contribution in [2.45, 2.75) is 36.3 Å². The van der Waals surface area contributed by atoms with Crippen molar-refractivity contribution in [2.75, 3.05) is 0 Å². The van der Waals surface area contributed by atoms with Gasteiger partial charge in [-0.1, -0.05) is 26.0 Å². The summed E-state index contributed by atoms with van der Waals surface area (Å²) in [6.45, 7) is 3.76. The van der Waals surface area contributed by atoms with E-state index >= 15 is 0 Å². The van der Waals surface area contributed by atoms with E-state index in [0.717, 1.165) is 11.2 Å². The smallest absolute Gasteiger partial charge is 0.320 e. The van der Waals surface area contributed by atoms with E-state index in [0.29, 0.717) is 18.4 Å². The molecule has 0 aliphatic heterocycles. The summed E-state index contributed by atoms with van der Waals surface area (Å²) >= 11 is 1.35. The lowest BCUT2D eigenvalue weighted by molar-refractivity contribution is -0.140. The van der Waals surface area contributed by atoms with Gasteiger partial charge < -0.3 is 5.11 Å². The summed E-state index contributed by atoms with van der Waals surface area (Å²) in [4.78, 5) is 22.7. The number of aldehydes is 1. The molecule has 0 saturated carbocycles. The predicted molar refractivity (Wildman–Crippen MR) is 68.6 cm³/mol. The first kappa shape index (κ1) is 13.8. The zero-order chi connectivity index (χ0) is 12.9. The summed E-state index contributed by atoms with van der Waals surface area (Å²) in [5, 5.41) is 9.31. The van der Waals surface area contributed by atoms with Gasteiger partial charge in [0.1, 0.15) is 11.0 Å². The fourth-order valence-corrected chi connectivity index (χ4v) is 2.68. The van der Waals surface area contributed by atoms with Gasteiger partial charge >= 0.3 is 5.97 Å². The van der Waals surface area contributed by atoms with E-state index in [1.807, 2.05) is 13.8 Å². The second-order valence-corrected chi connectivity index (χ2v) is 5.25. The molecule has 3 nitrogen and oxygen atoms in total. The molecule has 1 rings (SSSR count). The van der Waals surface area contributed by atoms with Crippen molar-refractivity contribution in [3.8, 4) is 0 Å². The minimum absolute atomic E-state index is 0.568. The third-order valence-corrected chi connectivity index (χ3v) is 4.51. The lowest BCUT2D eigenvalue weighted by atomic mass is 10.0. The average Bonchev–Trinajstić information content (AvgIpc) is 2.36. The Kier molecular flexibility index (Phi) is 4.75. The average molecular weight is 252 g/mol. The molecule has 0 saturated heterocycles. The van der Waals surface area contributed by atoms with E-state index in [1.54, 1.807) is 24.3 Å². The number of hydrogen-bond donors (Lipinski definition) is 1. The third kappa shape index (κ3) is 3.09. The SMILES string of the molecule is CCC(CC)(Sc1ccc(C=O)cc1)C(=O)O. The van der Waals surface area contributed by atoms with Crippen LogP contribution in [0.3, 0.4) is 0 Å². The van der Waals surface area contributed by atoms with Gasteiger partial charge in [-0.05, 0) is 25.0 Å². The summed E-state index contributed by atoms with van der Waals surface area (Å²) in [5.41, 5.74) is 0.600. The molecule has 0 fully saturated rings. The molecule has 0 atom stereocenters. The van der Waals surface area contributed by atoms with Crippen molar-refractivity contribution >= 4 is 24.0 Å². The Balaban J connectivity index is 2.93. The van der Waals surface area contributed by atoms with Crippen LogP contribution in [0, 0.1) is 0 Å². The molecular weight excluding hydrogens is 236 g/mol. The topological polar surface area (TPSA) is 54.4 Å². The number of carboxylic acid groups (broad SMARTS) is 1. The number of hydrogen-bond acceptors (Lipinski definition) is 3. The van der Waals surface area contributed by atoms with E-state index < -0.39 is 10.7 Å². The normalized spacial score (nSPS) is 11.2. The first-order valence-electron chi connectivity index (χ1n) is 5.55. The molecule has 92 valence electrons. The molecule has 0 aliphatic carbocycles. The fraction of sp³-hybridized carbons (Fsp3) is 0.385. The minimum Gasteiger partial charge on any atom is -0.480 e. The van der Waals surface area contributed by atoms with E-state index in [-0.39, 0.29) is 0 Å². The maximum Gasteiger partial charge on any atom is 0.320 e. The van der Waals surface area contributed by atoms with Gasteiger partial charge in [0.05, 0.1) is 0 Å². The van der Waals surface area contributed by atoms with Gasteiger partial charge in [-0.15, -0.1) is 11.8 Å². The van der Waals surface area contributed by atoms with Crippen molar-refractivity contribution in [1.29, 1.82) is 0 Å². The molecule has 0 spiro atoms. The number of carbonyl (C=O) groups excluding carboxylic acids is 1. The molecule has 0 aromatic heterocycles. The van der Waals surface area contributed by atoms with Crippen LogP contribution < -0.4 is 0 Å². The molecule has 17 heavy (non-hydrogen) atoms. The standard InChI is InChI=1S/C13H16O3S/c1-3-13(4-2,12(15)16)17-11-7-5-10(9-14)6-8-11/h5-9H,3-4H2,1-2H3,(H,15,16). The summed E-state index contributed by atoms with van der Waals surface area (Å²) in [6, 6.07) is 6.98. The first-order chi connectivity index (χ1) is 8.07. The number of carbonyl (C=O) groups is 2. The van der Waals surface area contributed by atoms with E-state index in [9.17, 15) is 14.7 Å². The zero-order valence-corrected chi connectivity index (χ0v) is 10.8. The van der Waals surface area contributed by atoms with E-state index in [1.165, 1.54) is 11.8 Å². The predicted octanol–water partition coefficient (Wildman–Crippen LogP) is 3.23. The summed E-state index contributed by atoms with van der Waals surface area (Å²) in [7, 11) is 0. The Bertz CT molecular complexity index is 394. The Labute approximate surface area is 105 Å². The van der Waals surface area contributed by atoms with Crippen LogP contribution in [0.15, 0.2) is 29.2 Å². The maximum absolute atomic E-state index is 11.3. The second-order valence-electron chi connectivity index (χ2n) is 3.80. The molecular formula is C13H16O3S. The Morgan fingerprint density at radius 1 is 1.29 bits per heavy atom. The fourth-order valence-electron chi connectivity index (χ4n) is 1.58. The molecule has 0 amide bonds. The quantitative estimate of drug-likeness (QED) is 0.624. The van der Waals surface area contributed by atoms with Gasteiger partial charge in [-0.3, -0.25) is 9.59 Å².